The molecule has 0 heterocycles. The molecule has 17 heavy (non-hydrogen) atoms. The van der Waals surface area contributed by atoms with Crippen molar-refractivity contribution in [1.29, 1.82) is 0 Å². The maximum Gasteiger partial charge on any atom is 0.310 e. The lowest BCUT2D eigenvalue weighted by atomic mass is 9.72. The van der Waals surface area contributed by atoms with Crippen LogP contribution in [0.4, 0.5) is 0 Å². The molecule has 1 aliphatic carbocycles. The Kier molecular flexibility index (Phi) is 5.16. The molecule has 0 bridgehead atoms. The molecule has 0 aromatic heterocycles. The first-order valence-corrected chi connectivity index (χ1v) is 6.62. The molecule has 0 aliphatic heterocycles. The minimum absolute atomic E-state index is 0.131. The van der Waals surface area contributed by atoms with Crippen LogP contribution in [0.3, 0.4) is 0 Å². The standard InChI is InChI=1S/C14H24O3/c1-14(2)8-6-11(7-9-14)4-3-5-12(15)10-13(16)17/h11H,3-10H2,1-2H3,(H,16,17). The number of carbonyl (C=O) groups excluding carboxylic acids is 1. The van der Waals surface area contributed by atoms with Gasteiger partial charge in [0, 0.05) is 6.42 Å². The van der Waals surface area contributed by atoms with Crippen LogP contribution in [0.15, 0.2) is 0 Å². The molecule has 1 N–H and O–H groups in total. The highest BCUT2D eigenvalue weighted by molar-refractivity contribution is 5.94. The Morgan fingerprint density at radius 1 is 1.24 bits per heavy atom. The number of Topliss-reactive ketones (excluding diaryl/α,β-unsaturated/α-hetero) is 1. The van der Waals surface area contributed by atoms with E-state index in [0.29, 0.717) is 11.8 Å². The fourth-order valence-electron chi connectivity index (χ4n) is 2.59. The summed E-state index contributed by atoms with van der Waals surface area (Å²) in [5.41, 5.74) is 0.496. The number of carboxylic acids is 1. The van der Waals surface area contributed by atoms with Crippen molar-refractivity contribution in [3.8, 4) is 0 Å². The van der Waals surface area contributed by atoms with E-state index in [-0.39, 0.29) is 12.2 Å². The quantitative estimate of drug-likeness (QED) is 0.724. The van der Waals surface area contributed by atoms with E-state index in [0.717, 1.165) is 18.8 Å². The maximum absolute atomic E-state index is 11.2. The van der Waals surface area contributed by atoms with Crippen molar-refractivity contribution >= 4 is 11.8 Å². The Hall–Kier alpha value is -0.860. The van der Waals surface area contributed by atoms with Gasteiger partial charge < -0.3 is 5.11 Å². The second kappa shape index (κ2) is 6.18. The van der Waals surface area contributed by atoms with Crippen LogP contribution in [0.5, 0.6) is 0 Å². The number of rotatable bonds is 6. The van der Waals surface area contributed by atoms with Gasteiger partial charge in [-0.15, -0.1) is 0 Å². The van der Waals surface area contributed by atoms with Gasteiger partial charge in [0.1, 0.15) is 12.2 Å². The summed E-state index contributed by atoms with van der Waals surface area (Å²) in [4.78, 5) is 21.5. The van der Waals surface area contributed by atoms with E-state index in [1.165, 1.54) is 25.7 Å². The molecule has 0 amide bonds. The third-order valence-corrected chi connectivity index (χ3v) is 3.88. The summed E-state index contributed by atoms with van der Waals surface area (Å²) in [6, 6.07) is 0. The number of aliphatic carboxylic acids is 1. The van der Waals surface area contributed by atoms with Gasteiger partial charge >= 0.3 is 5.97 Å². The second-order valence-electron chi connectivity index (χ2n) is 6.11. The van der Waals surface area contributed by atoms with Crippen LogP contribution in [0, 0.1) is 11.3 Å². The Balaban J connectivity index is 2.12. The highest BCUT2D eigenvalue weighted by Gasteiger charge is 2.26. The zero-order valence-corrected chi connectivity index (χ0v) is 11.0. The maximum atomic E-state index is 11.2. The molecule has 98 valence electrons. The molecule has 0 aromatic carbocycles. The predicted molar refractivity (Wildman–Crippen MR) is 66.8 cm³/mol. The van der Waals surface area contributed by atoms with Gasteiger partial charge in [0.25, 0.3) is 0 Å². The highest BCUT2D eigenvalue weighted by atomic mass is 16.4. The number of hydrogen-bond acceptors (Lipinski definition) is 2. The Labute approximate surface area is 104 Å². The zero-order chi connectivity index (χ0) is 12.9. The minimum Gasteiger partial charge on any atom is -0.481 e. The number of carbonyl (C=O) groups is 2. The van der Waals surface area contributed by atoms with Gasteiger partial charge in [-0.25, -0.2) is 0 Å². The topological polar surface area (TPSA) is 54.4 Å². The van der Waals surface area contributed by atoms with Gasteiger partial charge in [-0.05, 0) is 43.4 Å². The first-order chi connectivity index (χ1) is 7.89. The molecule has 1 saturated carbocycles. The van der Waals surface area contributed by atoms with Gasteiger partial charge in [0.2, 0.25) is 0 Å². The minimum atomic E-state index is -1.01. The van der Waals surface area contributed by atoms with Gasteiger partial charge in [-0.2, -0.15) is 0 Å². The third-order valence-electron chi connectivity index (χ3n) is 3.88. The number of hydrogen-bond donors (Lipinski definition) is 1. The van der Waals surface area contributed by atoms with Gasteiger partial charge in [0.15, 0.2) is 0 Å². The second-order valence-corrected chi connectivity index (χ2v) is 6.11. The molecule has 0 radical (unpaired) electrons. The monoisotopic (exact) mass is 240 g/mol. The van der Waals surface area contributed by atoms with Crippen molar-refractivity contribution in [1.82, 2.24) is 0 Å². The summed E-state index contributed by atoms with van der Waals surface area (Å²) in [6.07, 6.45) is 7.16. The molecule has 0 unspecified atom stereocenters. The van der Waals surface area contributed by atoms with Crippen LogP contribution < -0.4 is 0 Å². The van der Waals surface area contributed by atoms with E-state index >= 15 is 0 Å². The average molecular weight is 240 g/mol. The summed E-state index contributed by atoms with van der Waals surface area (Å²) in [5, 5.41) is 8.47. The number of ketones is 1. The summed E-state index contributed by atoms with van der Waals surface area (Å²) in [7, 11) is 0. The first-order valence-electron chi connectivity index (χ1n) is 6.62. The molecular weight excluding hydrogens is 216 g/mol. The fourth-order valence-corrected chi connectivity index (χ4v) is 2.59. The Bertz CT molecular complexity index is 271. The molecular formula is C14H24O3. The molecule has 0 saturated heterocycles. The van der Waals surface area contributed by atoms with Gasteiger partial charge in [-0.1, -0.05) is 20.3 Å². The van der Waals surface area contributed by atoms with E-state index in [1.807, 2.05) is 0 Å². The largest absolute Gasteiger partial charge is 0.481 e. The van der Waals surface area contributed by atoms with Crippen LogP contribution in [-0.4, -0.2) is 16.9 Å². The van der Waals surface area contributed by atoms with E-state index in [1.54, 1.807) is 0 Å². The molecule has 1 aliphatic rings. The third kappa shape index (κ3) is 5.85. The van der Waals surface area contributed by atoms with Crippen molar-refractivity contribution in [2.45, 2.75) is 65.2 Å². The molecule has 1 rings (SSSR count). The van der Waals surface area contributed by atoms with E-state index in [9.17, 15) is 9.59 Å². The summed E-state index contributed by atoms with van der Waals surface area (Å²) >= 11 is 0. The molecule has 3 heteroatoms. The normalized spacial score (nSPS) is 20.1. The summed E-state index contributed by atoms with van der Waals surface area (Å²) in [6.45, 7) is 4.64. The number of carboxylic acid groups (broad SMARTS) is 1. The van der Waals surface area contributed by atoms with Crippen LogP contribution in [0.1, 0.15) is 65.2 Å². The summed E-state index contributed by atoms with van der Waals surface area (Å²) in [5.74, 6) is -0.385. The fraction of sp³-hybridized carbons (Fsp3) is 0.857. The Morgan fingerprint density at radius 2 is 1.82 bits per heavy atom. The van der Waals surface area contributed by atoms with Gasteiger partial charge in [-0.3, -0.25) is 9.59 Å². The lowest BCUT2D eigenvalue weighted by Crippen LogP contribution is -2.21. The van der Waals surface area contributed by atoms with Crippen LogP contribution in [0.2, 0.25) is 0 Å². The van der Waals surface area contributed by atoms with Crippen molar-refractivity contribution in [2.24, 2.45) is 11.3 Å². The lowest BCUT2D eigenvalue weighted by Gasteiger charge is -2.34. The van der Waals surface area contributed by atoms with Crippen molar-refractivity contribution in [3.05, 3.63) is 0 Å². The van der Waals surface area contributed by atoms with E-state index in [4.69, 9.17) is 5.11 Å². The zero-order valence-electron chi connectivity index (χ0n) is 11.0. The van der Waals surface area contributed by atoms with Crippen LogP contribution in [0.25, 0.3) is 0 Å². The molecule has 3 nitrogen and oxygen atoms in total. The smallest absolute Gasteiger partial charge is 0.310 e. The highest BCUT2D eigenvalue weighted by Crippen LogP contribution is 2.39. The van der Waals surface area contributed by atoms with E-state index in [2.05, 4.69) is 13.8 Å². The van der Waals surface area contributed by atoms with E-state index < -0.39 is 5.97 Å². The van der Waals surface area contributed by atoms with Crippen molar-refractivity contribution in [2.75, 3.05) is 0 Å². The molecule has 0 aromatic rings. The predicted octanol–water partition coefficient (Wildman–Crippen LogP) is 3.42. The Morgan fingerprint density at radius 3 is 2.35 bits per heavy atom. The van der Waals surface area contributed by atoms with Gasteiger partial charge in [0.05, 0.1) is 0 Å². The molecule has 0 atom stereocenters. The van der Waals surface area contributed by atoms with Crippen molar-refractivity contribution in [3.63, 3.8) is 0 Å². The lowest BCUT2D eigenvalue weighted by molar-refractivity contribution is -0.140. The SMILES string of the molecule is CC1(C)CCC(CCCC(=O)CC(=O)O)CC1. The molecule has 0 spiro atoms. The first kappa shape index (κ1) is 14.2. The van der Waals surface area contributed by atoms with Crippen LogP contribution in [-0.2, 0) is 9.59 Å². The van der Waals surface area contributed by atoms with Crippen LogP contribution >= 0.6 is 0 Å². The summed E-state index contributed by atoms with van der Waals surface area (Å²) < 4.78 is 0. The van der Waals surface area contributed by atoms with Crippen molar-refractivity contribution < 1.29 is 14.7 Å². The molecule has 1 fully saturated rings. The average Bonchev–Trinajstić information content (AvgIpc) is 2.19.